The molecule has 0 fully saturated rings. The SMILES string of the molecule is CCOC(=O)c1ccc2c(c1)c1c3n2CCN(Cc2ccccc2)[C@@H]3CCC1. The van der Waals surface area contributed by atoms with Gasteiger partial charge in [0, 0.05) is 36.2 Å². The molecule has 3 aromatic rings. The lowest BCUT2D eigenvalue weighted by Gasteiger charge is -2.40. The Morgan fingerprint density at radius 3 is 2.82 bits per heavy atom. The Morgan fingerprint density at radius 1 is 1.14 bits per heavy atom. The van der Waals surface area contributed by atoms with Gasteiger partial charge in [-0.25, -0.2) is 4.79 Å². The maximum Gasteiger partial charge on any atom is 0.338 e. The molecule has 0 amide bonds. The summed E-state index contributed by atoms with van der Waals surface area (Å²) in [6.45, 7) is 5.33. The van der Waals surface area contributed by atoms with Gasteiger partial charge < -0.3 is 9.30 Å². The molecule has 2 aliphatic rings. The van der Waals surface area contributed by atoms with Crippen molar-refractivity contribution in [2.45, 2.75) is 45.3 Å². The lowest BCUT2D eigenvalue weighted by Crippen LogP contribution is -2.39. The predicted octanol–water partition coefficient (Wildman–Crippen LogP) is 4.71. The van der Waals surface area contributed by atoms with Gasteiger partial charge in [-0.3, -0.25) is 4.90 Å². The third-order valence-corrected chi connectivity index (χ3v) is 6.22. The number of benzene rings is 2. The zero-order chi connectivity index (χ0) is 19.1. The van der Waals surface area contributed by atoms with E-state index in [4.69, 9.17) is 4.74 Å². The molecule has 0 N–H and O–H groups in total. The van der Waals surface area contributed by atoms with Crippen molar-refractivity contribution >= 4 is 16.9 Å². The topological polar surface area (TPSA) is 34.5 Å². The van der Waals surface area contributed by atoms with Gasteiger partial charge in [0.2, 0.25) is 0 Å². The first-order valence-electron chi connectivity index (χ1n) is 10.4. The van der Waals surface area contributed by atoms with Crippen LogP contribution < -0.4 is 0 Å². The Labute approximate surface area is 165 Å². The van der Waals surface area contributed by atoms with E-state index in [9.17, 15) is 4.79 Å². The zero-order valence-corrected chi connectivity index (χ0v) is 16.4. The standard InChI is InChI=1S/C24H26N2O2/c1-2-28-24(27)18-11-12-21-20(15-18)19-9-6-10-22-23(19)26(21)14-13-25(22)16-17-7-4-3-5-8-17/h3-5,7-8,11-12,15,22H,2,6,9-10,13-14,16H2,1H3/t22-/m1/s1. The van der Waals surface area contributed by atoms with Crippen LogP contribution in [-0.2, 0) is 24.2 Å². The molecule has 5 rings (SSSR count). The lowest BCUT2D eigenvalue weighted by atomic mass is 9.89. The third-order valence-electron chi connectivity index (χ3n) is 6.22. The monoisotopic (exact) mass is 374 g/mol. The molecule has 0 saturated carbocycles. The molecule has 0 bridgehead atoms. The quantitative estimate of drug-likeness (QED) is 0.620. The van der Waals surface area contributed by atoms with Crippen molar-refractivity contribution in [2.75, 3.05) is 13.2 Å². The van der Waals surface area contributed by atoms with Crippen molar-refractivity contribution in [2.24, 2.45) is 0 Å². The van der Waals surface area contributed by atoms with Crippen LogP contribution >= 0.6 is 0 Å². The maximum absolute atomic E-state index is 12.2. The Balaban J connectivity index is 1.55. The fourth-order valence-electron chi connectivity index (χ4n) is 5.03. The van der Waals surface area contributed by atoms with Crippen LogP contribution in [0, 0.1) is 0 Å². The van der Waals surface area contributed by atoms with E-state index in [2.05, 4.69) is 51.9 Å². The van der Waals surface area contributed by atoms with E-state index in [1.54, 1.807) is 0 Å². The molecule has 2 heterocycles. The summed E-state index contributed by atoms with van der Waals surface area (Å²) in [6.07, 6.45) is 3.51. The zero-order valence-electron chi connectivity index (χ0n) is 16.4. The van der Waals surface area contributed by atoms with Crippen molar-refractivity contribution in [3.8, 4) is 0 Å². The van der Waals surface area contributed by atoms with Gasteiger partial charge >= 0.3 is 5.97 Å². The van der Waals surface area contributed by atoms with E-state index in [0.717, 1.165) is 26.1 Å². The van der Waals surface area contributed by atoms with Gasteiger partial charge in [0.1, 0.15) is 0 Å². The number of esters is 1. The molecule has 1 aliphatic carbocycles. The number of rotatable bonds is 4. The number of carbonyl (C=O) groups is 1. The van der Waals surface area contributed by atoms with Crippen LogP contribution in [0.1, 0.15) is 53.0 Å². The summed E-state index contributed by atoms with van der Waals surface area (Å²) in [5, 5.41) is 1.24. The van der Waals surface area contributed by atoms with Gasteiger partial charge in [0.15, 0.2) is 0 Å². The van der Waals surface area contributed by atoms with Crippen LogP contribution in [0.2, 0.25) is 0 Å². The van der Waals surface area contributed by atoms with Crippen LogP contribution in [0.4, 0.5) is 0 Å². The van der Waals surface area contributed by atoms with E-state index >= 15 is 0 Å². The van der Waals surface area contributed by atoms with Crippen molar-refractivity contribution in [1.82, 2.24) is 9.47 Å². The van der Waals surface area contributed by atoms with Gasteiger partial charge in [-0.15, -0.1) is 0 Å². The average molecular weight is 374 g/mol. The highest BCUT2D eigenvalue weighted by molar-refractivity contribution is 5.96. The first-order valence-corrected chi connectivity index (χ1v) is 10.4. The van der Waals surface area contributed by atoms with Gasteiger partial charge in [-0.05, 0) is 55.5 Å². The number of fused-ring (bicyclic) bond motifs is 3. The molecular formula is C24H26N2O2. The Hall–Kier alpha value is -2.59. The summed E-state index contributed by atoms with van der Waals surface area (Å²) < 4.78 is 7.72. The fraction of sp³-hybridized carbons (Fsp3) is 0.375. The molecule has 0 spiro atoms. The van der Waals surface area contributed by atoms with Crippen LogP contribution in [-0.4, -0.2) is 28.6 Å². The Bertz CT molecular complexity index is 1020. The number of ether oxygens (including phenoxy) is 1. The molecule has 2 aromatic carbocycles. The molecule has 0 unspecified atom stereocenters. The Kier molecular flexibility index (Phi) is 4.44. The van der Waals surface area contributed by atoms with Crippen LogP contribution in [0.25, 0.3) is 10.9 Å². The number of nitrogens with zero attached hydrogens (tertiary/aromatic N) is 2. The van der Waals surface area contributed by atoms with Gasteiger partial charge in [-0.1, -0.05) is 30.3 Å². The van der Waals surface area contributed by atoms with E-state index < -0.39 is 0 Å². The summed E-state index contributed by atoms with van der Waals surface area (Å²) in [5.41, 5.74) is 6.23. The molecule has 0 saturated heterocycles. The van der Waals surface area contributed by atoms with Crippen molar-refractivity contribution in [3.05, 3.63) is 70.9 Å². The highest BCUT2D eigenvalue weighted by Crippen LogP contribution is 2.43. The molecule has 1 aromatic heterocycles. The molecule has 1 aliphatic heterocycles. The molecule has 4 heteroatoms. The first-order chi connectivity index (χ1) is 13.8. The lowest BCUT2D eigenvalue weighted by molar-refractivity contribution is 0.0526. The third kappa shape index (κ3) is 2.83. The van der Waals surface area contributed by atoms with Crippen LogP contribution in [0.3, 0.4) is 0 Å². The highest BCUT2D eigenvalue weighted by Gasteiger charge is 2.34. The van der Waals surface area contributed by atoms with Gasteiger partial charge in [0.05, 0.1) is 18.2 Å². The number of hydrogen-bond acceptors (Lipinski definition) is 3. The van der Waals surface area contributed by atoms with Crippen LogP contribution in [0.15, 0.2) is 48.5 Å². The van der Waals surface area contributed by atoms with Gasteiger partial charge in [-0.2, -0.15) is 0 Å². The van der Waals surface area contributed by atoms with Crippen molar-refractivity contribution in [1.29, 1.82) is 0 Å². The first kappa shape index (κ1) is 17.5. The molecule has 1 atom stereocenters. The minimum absolute atomic E-state index is 0.223. The second-order valence-electron chi connectivity index (χ2n) is 7.83. The van der Waals surface area contributed by atoms with E-state index in [0.29, 0.717) is 18.2 Å². The fourth-order valence-corrected chi connectivity index (χ4v) is 5.03. The highest BCUT2D eigenvalue weighted by atomic mass is 16.5. The predicted molar refractivity (Wildman–Crippen MR) is 110 cm³/mol. The van der Waals surface area contributed by atoms with E-state index in [1.165, 1.54) is 40.6 Å². The smallest absolute Gasteiger partial charge is 0.338 e. The number of aromatic nitrogens is 1. The number of aryl methyl sites for hydroxylation is 1. The Morgan fingerprint density at radius 2 is 2.00 bits per heavy atom. The van der Waals surface area contributed by atoms with Crippen LogP contribution in [0.5, 0.6) is 0 Å². The molecule has 28 heavy (non-hydrogen) atoms. The summed E-state index contributed by atoms with van der Waals surface area (Å²) in [6, 6.07) is 17.3. The number of carbonyl (C=O) groups excluding carboxylic acids is 1. The summed E-state index contributed by atoms with van der Waals surface area (Å²) in [5.74, 6) is -0.223. The van der Waals surface area contributed by atoms with E-state index in [-0.39, 0.29) is 5.97 Å². The van der Waals surface area contributed by atoms with Crippen molar-refractivity contribution < 1.29 is 9.53 Å². The molecule has 144 valence electrons. The minimum atomic E-state index is -0.223. The maximum atomic E-state index is 12.2. The minimum Gasteiger partial charge on any atom is -0.462 e. The molecular weight excluding hydrogens is 348 g/mol. The average Bonchev–Trinajstić information content (AvgIpc) is 3.06. The van der Waals surface area contributed by atoms with Crippen molar-refractivity contribution in [3.63, 3.8) is 0 Å². The molecule has 4 nitrogen and oxygen atoms in total. The summed E-state index contributed by atoms with van der Waals surface area (Å²) >= 11 is 0. The second kappa shape index (κ2) is 7.10. The summed E-state index contributed by atoms with van der Waals surface area (Å²) in [4.78, 5) is 14.9. The normalized spacial score (nSPS) is 18.8. The largest absolute Gasteiger partial charge is 0.462 e. The van der Waals surface area contributed by atoms with Gasteiger partial charge in [0.25, 0.3) is 0 Å². The molecule has 0 radical (unpaired) electrons. The second-order valence-corrected chi connectivity index (χ2v) is 7.83. The number of hydrogen-bond donors (Lipinski definition) is 0. The summed E-state index contributed by atoms with van der Waals surface area (Å²) in [7, 11) is 0. The van der Waals surface area contributed by atoms with E-state index in [1.807, 2.05) is 13.0 Å².